The number of rotatable bonds is 4. The van der Waals surface area contributed by atoms with Crippen LogP contribution in [0.3, 0.4) is 0 Å². The molecule has 0 spiro atoms. The minimum absolute atomic E-state index is 0. The van der Waals surface area contributed by atoms with Gasteiger partial charge >= 0.3 is 100 Å². The van der Waals surface area contributed by atoms with Crippen molar-refractivity contribution in [2.75, 3.05) is 0 Å². The zero-order chi connectivity index (χ0) is 15.4. The first-order chi connectivity index (χ1) is 8.60. The van der Waals surface area contributed by atoms with Crippen molar-refractivity contribution in [2.45, 2.75) is 26.6 Å². The SMILES string of the molecule is CC(C)(C)C(=O)C([N+]([O-])=NO)([N+]([O-])=NO)[N+]([O-])=NO.[Na+].[Na+].[Na+]. The van der Waals surface area contributed by atoms with Crippen LogP contribution in [0.5, 0.6) is 0 Å². The summed E-state index contributed by atoms with van der Waals surface area (Å²) < 4.78 is 0. The quantitative estimate of drug-likeness (QED) is 0.147. The van der Waals surface area contributed by atoms with Gasteiger partial charge in [-0.1, -0.05) is 20.8 Å². The Morgan fingerprint density at radius 1 is 0.818 bits per heavy atom. The van der Waals surface area contributed by atoms with Crippen molar-refractivity contribution in [3.63, 3.8) is 0 Å². The predicted octanol–water partition coefficient (Wildman–Crippen LogP) is -8.68. The van der Waals surface area contributed by atoms with Crippen molar-refractivity contribution in [1.29, 1.82) is 0 Å². The molecule has 0 aromatic rings. The number of carbonyl (C=O) groups excluding carboxylic acids is 1. The second-order valence-electron chi connectivity index (χ2n) is 4.30. The van der Waals surface area contributed by atoms with E-state index in [-0.39, 0.29) is 88.7 Å². The summed E-state index contributed by atoms with van der Waals surface area (Å²) in [4.78, 5) is 8.88. The van der Waals surface area contributed by atoms with Crippen molar-refractivity contribution in [1.82, 2.24) is 0 Å². The van der Waals surface area contributed by atoms with Crippen LogP contribution in [0, 0.1) is 21.0 Å². The van der Waals surface area contributed by atoms with E-state index in [4.69, 9.17) is 15.6 Å². The number of Topliss-reactive ketones (excluding diaryl/α,β-unsaturated/α-hetero) is 1. The third-order valence-corrected chi connectivity index (χ3v) is 2.03. The van der Waals surface area contributed by atoms with Crippen molar-refractivity contribution in [3.8, 4) is 0 Å². The molecule has 0 aliphatic rings. The van der Waals surface area contributed by atoms with E-state index >= 15 is 0 Å². The smallest absolute Gasteiger partial charge is 0.586 e. The molecule has 0 unspecified atom stereocenters. The van der Waals surface area contributed by atoms with Crippen LogP contribution in [0.25, 0.3) is 0 Å². The fourth-order valence-electron chi connectivity index (χ4n) is 1.17. The second kappa shape index (κ2) is 11.8. The molecule has 0 amide bonds. The van der Waals surface area contributed by atoms with Crippen LogP contribution in [0.15, 0.2) is 15.8 Å². The number of hydrogen-bond acceptors (Lipinski definition) is 7. The van der Waals surface area contributed by atoms with Gasteiger partial charge in [0.25, 0.3) is 0 Å². The maximum absolute atomic E-state index is 12.0. The van der Waals surface area contributed by atoms with Crippen molar-refractivity contribution >= 4 is 5.78 Å². The van der Waals surface area contributed by atoms with Gasteiger partial charge in [-0.05, 0) is 0 Å². The van der Waals surface area contributed by atoms with Crippen LogP contribution in [0.2, 0.25) is 0 Å². The summed E-state index contributed by atoms with van der Waals surface area (Å²) in [6.45, 7) is 3.64. The molecule has 16 heteroatoms. The van der Waals surface area contributed by atoms with Crippen LogP contribution in [0.4, 0.5) is 0 Å². The van der Waals surface area contributed by atoms with E-state index < -0.39 is 31.6 Å². The first-order valence-corrected chi connectivity index (χ1v) is 4.62. The maximum Gasteiger partial charge on any atom is 1.00 e. The van der Waals surface area contributed by atoms with E-state index in [1.807, 2.05) is 15.8 Å². The van der Waals surface area contributed by atoms with E-state index in [1.165, 1.54) is 20.8 Å². The molecule has 13 nitrogen and oxygen atoms in total. The van der Waals surface area contributed by atoms with Gasteiger partial charge in [-0.3, -0.25) is 4.79 Å². The summed E-state index contributed by atoms with van der Waals surface area (Å²) in [5.74, 6) is -5.04. The Labute approximate surface area is 190 Å². The first kappa shape index (κ1) is 30.2. The molecule has 0 atom stereocenters. The minimum Gasteiger partial charge on any atom is -0.586 e. The molecule has 0 aliphatic heterocycles. The first-order valence-electron chi connectivity index (χ1n) is 4.62. The molecule has 0 saturated carbocycles. The number of hydrogen-bond donors (Lipinski definition) is 3. The van der Waals surface area contributed by atoms with Crippen molar-refractivity contribution in [2.24, 2.45) is 21.2 Å². The zero-order valence-corrected chi connectivity index (χ0v) is 19.2. The number of nitrogens with zero attached hydrogens (tertiary/aromatic N) is 6. The van der Waals surface area contributed by atoms with Gasteiger partial charge in [0, 0.05) is 5.41 Å². The van der Waals surface area contributed by atoms with Crippen LogP contribution in [-0.4, -0.2) is 41.8 Å². The molecule has 0 saturated heterocycles. The van der Waals surface area contributed by atoms with E-state index in [9.17, 15) is 20.4 Å². The fraction of sp³-hybridized carbons (Fsp3) is 0.833. The Hall–Kier alpha value is 0.270. The average molecular weight is 349 g/mol. The molecule has 3 N–H and O–H groups in total. The van der Waals surface area contributed by atoms with Gasteiger partial charge < -0.3 is 31.2 Å². The van der Waals surface area contributed by atoms with E-state index in [0.717, 1.165) is 0 Å². The van der Waals surface area contributed by atoms with Gasteiger partial charge in [0.15, 0.2) is 0 Å². The predicted molar refractivity (Wildman–Crippen MR) is 50.7 cm³/mol. The molecule has 0 radical (unpaired) electrons. The summed E-state index contributed by atoms with van der Waals surface area (Å²) in [6.07, 6.45) is 0. The molecular weight excluding hydrogens is 337 g/mol. The van der Waals surface area contributed by atoms with Crippen molar-refractivity contribution in [3.05, 3.63) is 15.6 Å². The second-order valence-corrected chi connectivity index (χ2v) is 4.30. The standard InChI is InChI=1S/C6H12N6O7.3Na/c1-5(2,3)4(13)6(10(17)7-14,11(18)8-15)12(19)9-16;;;/h14-16H,1-3H3;;;/q;3*+1. The average Bonchev–Trinajstić information content (AvgIpc) is 2.36. The molecule has 0 bridgehead atoms. The Kier molecular flexibility index (Phi) is 16.1. The van der Waals surface area contributed by atoms with Gasteiger partial charge in [0.2, 0.25) is 15.8 Å². The van der Waals surface area contributed by atoms with E-state index in [2.05, 4.69) is 0 Å². The van der Waals surface area contributed by atoms with Gasteiger partial charge in [-0.15, -0.1) is 0 Å². The van der Waals surface area contributed by atoms with Gasteiger partial charge in [0.1, 0.15) is 0 Å². The van der Waals surface area contributed by atoms with Gasteiger partial charge in [-0.2, -0.15) is 0 Å². The normalized spacial score (nSPS) is 15.5. The topological polar surface area (TPSA) is 193 Å². The van der Waals surface area contributed by atoms with E-state index in [1.54, 1.807) is 0 Å². The Bertz CT molecular complexity index is 417. The Morgan fingerprint density at radius 3 is 1.18 bits per heavy atom. The van der Waals surface area contributed by atoms with Crippen molar-refractivity contribution < 1.29 is 124 Å². The third kappa shape index (κ3) is 5.72. The van der Waals surface area contributed by atoms with Crippen LogP contribution in [-0.2, 0) is 4.79 Å². The summed E-state index contributed by atoms with van der Waals surface area (Å²) in [7, 11) is 0. The molecule has 0 heterocycles. The molecule has 108 valence electrons. The monoisotopic (exact) mass is 349 g/mol. The van der Waals surface area contributed by atoms with Gasteiger partial charge in [-0.25, -0.2) is 0 Å². The molecule has 0 fully saturated rings. The third-order valence-electron chi connectivity index (χ3n) is 2.03. The minimum atomic E-state index is -3.59. The van der Waals surface area contributed by atoms with Gasteiger partial charge in [0.05, 0.1) is 14.6 Å². The fourth-order valence-corrected chi connectivity index (χ4v) is 1.17. The molecular formula is C6H12N6Na3O7+3. The number of carbonyl (C=O) groups is 1. The molecule has 0 rings (SSSR count). The molecule has 0 aliphatic carbocycles. The maximum atomic E-state index is 12.0. The number of hydroxylamine groups is 3. The summed E-state index contributed by atoms with van der Waals surface area (Å²) in [5, 5.41) is 65.2. The van der Waals surface area contributed by atoms with Crippen LogP contribution >= 0.6 is 0 Å². The van der Waals surface area contributed by atoms with Crippen LogP contribution < -0.4 is 88.7 Å². The summed E-state index contributed by atoms with van der Waals surface area (Å²) >= 11 is 0. The number of ketones is 1. The molecule has 0 aromatic heterocycles. The Balaban J connectivity index is -0.000000540. The summed E-state index contributed by atoms with van der Waals surface area (Å²) in [6, 6.07) is 0. The summed E-state index contributed by atoms with van der Waals surface area (Å²) in [5.41, 5.74) is -1.49. The van der Waals surface area contributed by atoms with Crippen LogP contribution in [0.1, 0.15) is 20.8 Å². The largest absolute Gasteiger partial charge is 1.00 e. The zero-order valence-electron chi connectivity index (χ0n) is 13.2. The molecule has 0 aromatic carbocycles. The Morgan fingerprint density at radius 2 is 1.05 bits per heavy atom. The molecule has 22 heavy (non-hydrogen) atoms. The van der Waals surface area contributed by atoms with E-state index in [0.29, 0.717) is 0 Å².